The molecule has 1 heterocycles. The van der Waals surface area contributed by atoms with Crippen LogP contribution in [-0.4, -0.2) is 4.98 Å². The SMILES string of the molecule is Cc1ccc(OCc2c[nH]c3ccc(Cl)cc23)cc1. The average Bonchev–Trinajstić information content (AvgIpc) is 2.80. The number of aryl methyl sites for hydroxylation is 1. The van der Waals surface area contributed by atoms with E-state index in [1.807, 2.05) is 48.7 Å². The van der Waals surface area contributed by atoms with Gasteiger partial charge < -0.3 is 9.72 Å². The third-order valence-electron chi connectivity index (χ3n) is 3.14. The summed E-state index contributed by atoms with van der Waals surface area (Å²) in [7, 11) is 0. The molecule has 2 aromatic carbocycles. The van der Waals surface area contributed by atoms with Crippen molar-refractivity contribution in [1.82, 2.24) is 4.98 Å². The van der Waals surface area contributed by atoms with Crippen LogP contribution in [0.1, 0.15) is 11.1 Å². The number of ether oxygens (including phenoxy) is 1. The van der Waals surface area contributed by atoms with Crippen molar-refractivity contribution in [3.8, 4) is 5.75 Å². The molecule has 0 aliphatic rings. The van der Waals surface area contributed by atoms with Crippen LogP contribution in [-0.2, 0) is 6.61 Å². The molecule has 0 fully saturated rings. The Morgan fingerprint density at radius 1 is 1.11 bits per heavy atom. The van der Waals surface area contributed by atoms with Crippen molar-refractivity contribution >= 4 is 22.5 Å². The van der Waals surface area contributed by atoms with E-state index < -0.39 is 0 Å². The number of hydrogen-bond acceptors (Lipinski definition) is 1. The fraction of sp³-hybridized carbons (Fsp3) is 0.125. The number of rotatable bonds is 3. The summed E-state index contributed by atoms with van der Waals surface area (Å²) in [6.45, 7) is 2.59. The van der Waals surface area contributed by atoms with Gasteiger partial charge in [0.05, 0.1) is 0 Å². The molecule has 0 unspecified atom stereocenters. The first-order valence-corrected chi connectivity index (χ1v) is 6.55. The first-order chi connectivity index (χ1) is 9.22. The molecule has 1 N–H and O–H groups in total. The Bertz CT molecular complexity index is 700. The van der Waals surface area contributed by atoms with E-state index in [0.717, 1.165) is 27.2 Å². The third-order valence-corrected chi connectivity index (χ3v) is 3.38. The molecule has 0 radical (unpaired) electrons. The van der Waals surface area contributed by atoms with Crippen LogP contribution < -0.4 is 4.74 Å². The molecule has 0 saturated heterocycles. The number of hydrogen-bond donors (Lipinski definition) is 1. The number of benzene rings is 2. The molecule has 0 bridgehead atoms. The number of aromatic amines is 1. The normalized spacial score (nSPS) is 10.8. The highest BCUT2D eigenvalue weighted by Crippen LogP contribution is 2.23. The zero-order valence-electron chi connectivity index (χ0n) is 10.6. The van der Waals surface area contributed by atoms with Gasteiger partial charge in [0.25, 0.3) is 0 Å². The lowest BCUT2D eigenvalue weighted by Crippen LogP contribution is -1.94. The van der Waals surface area contributed by atoms with Crippen LogP contribution in [0.2, 0.25) is 5.02 Å². The standard InChI is InChI=1S/C16H14ClNO/c1-11-2-5-14(6-3-11)19-10-12-9-18-16-7-4-13(17)8-15(12)16/h2-9,18H,10H2,1H3. The van der Waals surface area contributed by atoms with Gasteiger partial charge in [-0.15, -0.1) is 0 Å². The van der Waals surface area contributed by atoms with Crippen LogP contribution in [0.3, 0.4) is 0 Å². The lowest BCUT2D eigenvalue weighted by molar-refractivity contribution is 0.307. The predicted molar refractivity (Wildman–Crippen MR) is 78.8 cm³/mol. The summed E-state index contributed by atoms with van der Waals surface area (Å²) in [6, 6.07) is 13.9. The molecule has 0 spiro atoms. The number of H-pyrrole nitrogens is 1. The molecule has 3 rings (SSSR count). The van der Waals surface area contributed by atoms with E-state index in [1.54, 1.807) is 0 Å². The minimum absolute atomic E-state index is 0.531. The quantitative estimate of drug-likeness (QED) is 0.733. The lowest BCUT2D eigenvalue weighted by atomic mass is 10.2. The maximum absolute atomic E-state index is 6.03. The van der Waals surface area contributed by atoms with Crippen molar-refractivity contribution in [2.75, 3.05) is 0 Å². The molecule has 19 heavy (non-hydrogen) atoms. The van der Waals surface area contributed by atoms with E-state index in [2.05, 4.69) is 11.9 Å². The van der Waals surface area contributed by atoms with Crippen molar-refractivity contribution in [3.05, 3.63) is 64.8 Å². The molecule has 3 heteroatoms. The van der Waals surface area contributed by atoms with Gasteiger partial charge in [-0.2, -0.15) is 0 Å². The van der Waals surface area contributed by atoms with E-state index in [1.165, 1.54) is 5.56 Å². The minimum Gasteiger partial charge on any atom is -0.489 e. The highest BCUT2D eigenvalue weighted by atomic mass is 35.5. The summed E-state index contributed by atoms with van der Waals surface area (Å²) in [5.41, 5.74) is 3.41. The second-order valence-electron chi connectivity index (χ2n) is 4.61. The zero-order valence-corrected chi connectivity index (χ0v) is 11.4. The first-order valence-electron chi connectivity index (χ1n) is 6.17. The van der Waals surface area contributed by atoms with Crippen LogP contribution in [0.5, 0.6) is 5.75 Å². The molecule has 0 aliphatic carbocycles. The van der Waals surface area contributed by atoms with E-state index in [0.29, 0.717) is 6.61 Å². The summed E-state index contributed by atoms with van der Waals surface area (Å²) >= 11 is 6.03. The Balaban J connectivity index is 1.81. The molecule has 0 atom stereocenters. The summed E-state index contributed by atoms with van der Waals surface area (Å²) in [5.74, 6) is 0.877. The minimum atomic E-state index is 0.531. The highest BCUT2D eigenvalue weighted by Gasteiger charge is 2.05. The van der Waals surface area contributed by atoms with Gasteiger partial charge in [0.2, 0.25) is 0 Å². The van der Waals surface area contributed by atoms with Gasteiger partial charge in [-0.05, 0) is 37.3 Å². The zero-order chi connectivity index (χ0) is 13.2. The molecular weight excluding hydrogens is 258 g/mol. The van der Waals surface area contributed by atoms with Crippen LogP contribution >= 0.6 is 11.6 Å². The Hall–Kier alpha value is -1.93. The summed E-state index contributed by atoms with van der Waals surface area (Å²) < 4.78 is 5.79. The van der Waals surface area contributed by atoms with Gasteiger partial charge in [0.1, 0.15) is 12.4 Å². The Morgan fingerprint density at radius 3 is 2.68 bits per heavy atom. The van der Waals surface area contributed by atoms with E-state index in [-0.39, 0.29) is 0 Å². The second-order valence-corrected chi connectivity index (χ2v) is 5.04. The monoisotopic (exact) mass is 271 g/mol. The lowest BCUT2D eigenvalue weighted by Gasteiger charge is -2.05. The summed E-state index contributed by atoms with van der Waals surface area (Å²) in [5, 5.41) is 1.85. The molecule has 2 nitrogen and oxygen atoms in total. The van der Waals surface area contributed by atoms with Gasteiger partial charge >= 0.3 is 0 Å². The van der Waals surface area contributed by atoms with E-state index >= 15 is 0 Å². The topological polar surface area (TPSA) is 25.0 Å². The number of fused-ring (bicyclic) bond motifs is 1. The van der Waals surface area contributed by atoms with Gasteiger partial charge in [0, 0.05) is 27.7 Å². The fourth-order valence-electron chi connectivity index (χ4n) is 2.07. The maximum Gasteiger partial charge on any atom is 0.119 e. The Morgan fingerprint density at radius 2 is 1.89 bits per heavy atom. The van der Waals surface area contributed by atoms with Gasteiger partial charge in [-0.3, -0.25) is 0 Å². The first kappa shape index (κ1) is 12.1. The van der Waals surface area contributed by atoms with Crippen molar-refractivity contribution in [2.24, 2.45) is 0 Å². The Kier molecular flexibility index (Phi) is 3.18. The summed E-state index contributed by atoms with van der Waals surface area (Å²) in [4.78, 5) is 3.22. The van der Waals surface area contributed by atoms with Gasteiger partial charge in [0.15, 0.2) is 0 Å². The molecule has 3 aromatic rings. The Labute approximate surface area is 117 Å². The average molecular weight is 272 g/mol. The number of nitrogens with one attached hydrogen (secondary N) is 1. The summed E-state index contributed by atoms with van der Waals surface area (Å²) in [6.07, 6.45) is 1.97. The van der Waals surface area contributed by atoms with Crippen molar-refractivity contribution in [1.29, 1.82) is 0 Å². The number of aromatic nitrogens is 1. The van der Waals surface area contributed by atoms with E-state index in [9.17, 15) is 0 Å². The largest absolute Gasteiger partial charge is 0.489 e. The van der Waals surface area contributed by atoms with Gasteiger partial charge in [-0.1, -0.05) is 29.3 Å². The molecule has 0 amide bonds. The highest BCUT2D eigenvalue weighted by molar-refractivity contribution is 6.31. The van der Waals surface area contributed by atoms with Crippen LogP contribution in [0.4, 0.5) is 0 Å². The van der Waals surface area contributed by atoms with Crippen molar-refractivity contribution in [3.63, 3.8) is 0 Å². The molecule has 0 aliphatic heterocycles. The maximum atomic E-state index is 6.03. The van der Waals surface area contributed by atoms with Crippen molar-refractivity contribution in [2.45, 2.75) is 13.5 Å². The third kappa shape index (κ3) is 2.59. The second kappa shape index (κ2) is 4.98. The van der Waals surface area contributed by atoms with Crippen LogP contribution in [0.15, 0.2) is 48.7 Å². The smallest absolute Gasteiger partial charge is 0.119 e. The van der Waals surface area contributed by atoms with Gasteiger partial charge in [-0.25, -0.2) is 0 Å². The molecular formula is C16H14ClNO. The van der Waals surface area contributed by atoms with Crippen LogP contribution in [0.25, 0.3) is 10.9 Å². The molecule has 96 valence electrons. The van der Waals surface area contributed by atoms with E-state index in [4.69, 9.17) is 16.3 Å². The predicted octanol–water partition coefficient (Wildman–Crippen LogP) is 4.71. The fourth-order valence-corrected chi connectivity index (χ4v) is 2.24. The number of halogens is 1. The molecule has 1 aromatic heterocycles. The van der Waals surface area contributed by atoms with Crippen molar-refractivity contribution < 1.29 is 4.74 Å². The van der Waals surface area contributed by atoms with Crippen LogP contribution in [0, 0.1) is 6.92 Å². The molecule has 0 saturated carbocycles.